The third kappa shape index (κ3) is 4.79. The average molecular weight is 281 g/mol. The van der Waals surface area contributed by atoms with Gasteiger partial charge in [0.25, 0.3) is 0 Å². The lowest BCUT2D eigenvalue weighted by atomic mass is 10.2. The van der Waals surface area contributed by atoms with Crippen molar-refractivity contribution in [2.75, 3.05) is 27.2 Å². The molecule has 1 aromatic carbocycles. The molecule has 1 N–H and O–H groups in total. The van der Waals surface area contributed by atoms with Gasteiger partial charge in [-0.05, 0) is 32.5 Å². The highest BCUT2D eigenvalue weighted by Gasteiger charge is 2.14. The van der Waals surface area contributed by atoms with Gasteiger partial charge < -0.3 is 15.0 Å². The van der Waals surface area contributed by atoms with Crippen LogP contribution in [-0.2, 0) is 6.54 Å². The molecule has 0 saturated heterocycles. The second-order valence-corrected chi connectivity index (χ2v) is 5.01. The number of rotatable bonds is 8. The molecule has 0 aliphatic heterocycles. The molecule has 0 atom stereocenters. The first-order valence-electron chi connectivity index (χ1n) is 6.68. The summed E-state index contributed by atoms with van der Waals surface area (Å²) in [7, 11) is 3.51. The Morgan fingerprint density at radius 1 is 1.45 bits per heavy atom. The van der Waals surface area contributed by atoms with Crippen molar-refractivity contribution in [2.45, 2.75) is 26.4 Å². The van der Waals surface area contributed by atoms with E-state index in [4.69, 9.17) is 4.74 Å². The number of likely N-dealkylation sites (N-methyl/N-ethyl adjacent to an activating group) is 1. The predicted octanol–water partition coefficient (Wildman–Crippen LogP) is 2.03. The molecule has 0 radical (unpaired) electrons. The maximum Gasteiger partial charge on any atom is 0.311 e. The van der Waals surface area contributed by atoms with E-state index in [1.807, 2.05) is 6.07 Å². The number of nitrogens with one attached hydrogen (secondary N) is 1. The van der Waals surface area contributed by atoms with Gasteiger partial charge in [0.15, 0.2) is 5.75 Å². The Morgan fingerprint density at radius 2 is 2.15 bits per heavy atom. The van der Waals surface area contributed by atoms with Crippen LogP contribution >= 0.6 is 0 Å². The third-order valence-electron chi connectivity index (χ3n) is 3.29. The number of nitro benzene ring substituents is 1. The largest absolute Gasteiger partial charge is 0.490 e. The summed E-state index contributed by atoms with van der Waals surface area (Å²) in [5.41, 5.74) is 0.885. The zero-order valence-corrected chi connectivity index (χ0v) is 12.5. The summed E-state index contributed by atoms with van der Waals surface area (Å²) in [6, 6.07) is 5.54. The number of nitrogens with zero attached hydrogens (tertiary/aromatic N) is 2. The van der Waals surface area contributed by atoms with Crippen molar-refractivity contribution in [1.82, 2.24) is 10.2 Å². The van der Waals surface area contributed by atoms with Gasteiger partial charge in [-0.1, -0.05) is 6.07 Å². The molecule has 0 spiro atoms. The highest BCUT2D eigenvalue weighted by molar-refractivity contribution is 5.48. The summed E-state index contributed by atoms with van der Waals surface area (Å²) in [6.07, 6.45) is 0. The molecule has 6 heteroatoms. The second kappa shape index (κ2) is 7.81. The van der Waals surface area contributed by atoms with E-state index in [2.05, 4.69) is 31.1 Å². The Balaban J connectivity index is 2.53. The number of ether oxygens (including phenoxy) is 1. The van der Waals surface area contributed by atoms with Gasteiger partial charge in [-0.2, -0.15) is 0 Å². The van der Waals surface area contributed by atoms with Gasteiger partial charge in [0, 0.05) is 31.7 Å². The fourth-order valence-corrected chi connectivity index (χ4v) is 1.73. The molecule has 20 heavy (non-hydrogen) atoms. The van der Waals surface area contributed by atoms with Crippen molar-refractivity contribution in [3.63, 3.8) is 0 Å². The first kappa shape index (κ1) is 16.4. The van der Waals surface area contributed by atoms with Crippen molar-refractivity contribution in [1.29, 1.82) is 0 Å². The number of benzene rings is 1. The summed E-state index contributed by atoms with van der Waals surface area (Å²) < 4.78 is 4.98. The summed E-state index contributed by atoms with van der Waals surface area (Å²) >= 11 is 0. The molecule has 0 heterocycles. The van der Waals surface area contributed by atoms with Crippen LogP contribution in [0, 0.1) is 10.1 Å². The molecular formula is C14H23N3O3. The lowest BCUT2D eigenvalue weighted by Crippen LogP contribution is -2.33. The predicted molar refractivity (Wildman–Crippen MR) is 79.1 cm³/mol. The molecule has 112 valence electrons. The minimum Gasteiger partial charge on any atom is -0.490 e. The van der Waals surface area contributed by atoms with Crippen LogP contribution in [0.1, 0.15) is 19.4 Å². The standard InChI is InChI=1S/C14H23N3O3/c1-11(2)16(3)8-7-15-10-12-5-6-14(20-4)13(9-12)17(18)19/h5-6,9,11,15H,7-8,10H2,1-4H3. The fourth-order valence-electron chi connectivity index (χ4n) is 1.73. The topological polar surface area (TPSA) is 67.6 Å². The third-order valence-corrected chi connectivity index (χ3v) is 3.29. The van der Waals surface area contributed by atoms with Crippen molar-refractivity contribution in [3.05, 3.63) is 33.9 Å². The number of hydrogen-bond donors (Lipinski definition) is 1. The lowest BCUT2D eigenvalue weighted by Gasteiger charge is -2.20. The van der Waals surface area contributed by atoms with Crippen LogP contribution in [0.25, 0.3) is 0 Å². The highest BCUT2D eigenvalue weighted by Crippen LogP contribution is 2.27. The average Bonchev–Trinajstić information content (AvgIpc) is 2.42. The molecule has 0 unspecified atom stereocenters. The van der Waals surface area contributed by atoms with E-state index in [1.54, 1.807) is 12.1 Å². The van der Waals surface area contributed by atoms with E-state index in [1.165, 1.54) is 7.11 Å². The Morgan fingerprint density at radius 3 is 2.70 bits per heavy atom. The molecule has 1 aromatic rings. The molecule has 0 fully saturated rings. The normalized spacial score (nSPS) is 11.1. The lowest BCUT2D eigenvalue weighted by molar-refractivity contribution is -0.385. The molecule has 0 aromatic heterocycles. The Bertz CT molecular complexity index is 449. The smallest absolute Gasteiger partial charge is 0.311 e. The van der Waals surface area contributed by atoms with Crippen molar-refractivity contribution < 1.29 is 9.66 Å². The summed E-state index contributed by atoms with van der Waals surface area (Å²) in [5.74, 6) is 0.290. The zero-order chi connectivity index (χ0) is 15.1. The minimum atomic E-state index is -0.422. The van der Waals surface area contributed by atoms with Crippen LogP contribution in [-0.4, -0.2) is 43.1 Å². The molecule has 0 bridgehead atoms. The van der Waals surface area contributed by atoms with Gasteiger partial charge in [-0.25, -0.2) is 0 Å². The van der Waals surface area contributed by atoms with Crippen molar-refractivity contribution >= 4 is 5.69 Å². The van der Waals surface area contributed by atoms with Crippen LogP contribution in [0.15, 0.2) is 18.2 Å². The first-order valence-corrected chi connectivity index (χ1v) is 6.68. The second-order valence-electron chi connectivity index (χ2n) is 5.01. The fraction of sp³-hybridized carbons (Fsp3) is 0.571. The van der Waals surface area contributed by atoms with Crippen molar-refractivity contribution in [2.24, 2.45) is 0 Å². The van der Waals surface area contributed by atoms with E-state index < -0.39 is 4.92 Å². The van der Waals surface area contributed by atoms with E-state index >= 15 is 0 Å². The van der Waals surface area contributed by atoms with Gasteiger partial charge in [-0.15, -0.1) is 0 Å². The van der Waals surface area contributed by atoms with Crippen LogP contribution in [0.5, 0.6) is 5.75 Å². The maximum atomic E-state index is 10.9. The van der Waals surface area contributed by atoms with E-state index in [-0.39, 0.29) is 5.69 Å². The summed E-state index contributed by atoms with van der Waals surface area (Å²) in [5, 5.41) is 14.2. The van der Waals surface area contributed by atoms with Crippen LogP contribution in [0.4, 0.5) is 5.69 Å². The highest BCUT2D eigenvalue weighted by atomic mass is 16.6. The maximum absolute atomic E-state index is 10.9. The van der Waals surface area contributed by atoms with Gasteiger partial charge >= 0.3 is 5.69 Å². The molecule has 0 saturated carbocycles. The van der Waals surface area contributed by atoms with Crippen LogP contribution in [0.3, 0.4) is 0 Å². The Hall–Kier alpha value is -1.66. The van der Waals surface area contributed by atoms with E-state index in [0.717, 1.165) is 18.7 Å². The molecule has 6 nitrogen and oxygen atoms in total. The molecular weight excluding hydrogens is 258 g/mol. The van der Waals surface area contributed by atoms with Gasteiger partial charge in [0.1, 0.15) is 0 Å². The number of methoxy groups -OCH3 is 1. The molecule has 0 aliphatic carbocycles. The van der Waals surface area contributed by atoms with E-state index in [9.17, 15) is 10.1 Å². The number of nitro groups is 1. The summed E-state index contributed by atoms with van der Waals surface area (Å²) in [4.78, 5) is 12.7. The van der Waals surface area contributed by atoms with Crippen LogP contribution < -0.4 is 10.1 Å². The Kier molecular flexibility index (Phi) is 6.41. The SMILES string of the molecule is COc1ccc(CNCCN(C)C(C)C)cc1[N+](=O)[O-]. The van der Waals surface area contributed by atoms with Crippen LogP contribution in [0.2, 0.25) is 0 Å². The molecule has 0 amide bonds. The quantitative estimate of drug-likeness (QED) is 0.448. The zero-order valence-electron chi connectivity index (χ0n) is 12.5. The van der Waals surface area contributed by atoms with Gasteiger partial charge in [-0.3, -0.25) is 10.1 Å². The van der Waals surface area contributed by atoms with Gasteiger partial charge in [0.2, 0.25) is 0 Å². The van der Waals surface area contributed by atoms with E-state index in [0.29, 0.717) is 18.3 Å². The monoisotopic (exact) mass is 281 g/mol. The molecule has 1 rings (SSSR count). The minimum absolute atomic E-state index is 0.00565. The molecule has 0 aliphatic rings. The van der Waals surface area contributed by atoms with Gasteiger partial charge in [0.05, 0.1) is 12.0 Å². The number of hydrogen-bond acceptors (Lipinski definition) is 5. The Labute approximate surface area is 119 Å². The summed E-state index contributed by atoms with van der Waals surface area (Å²) in [6.45, 7) is 6.68. The first-order chi connectivity index (χ1) is 9.45. The van der Waals surface area contributed by atoms with Crippen molar-refractivity contribution in [3.8, 4) is 5.75 Å².